The first-order valence-electron chi connectivity index (χ1n) is 13.1. The Bertz CT molecular complexity index is 1230. The number of piperazine rings is 1. The van der Waals surface area contributed by atoms with Gasteiger partial charge in [0.15, 0.2) is 5.13 Å². The van der Waals surface area contributed by atoms with E-state index >= 15 is 0 Å². The van der Waals surface area contributed by atoms with Crippen LogP contribution in [0.25, 0.3) is 10.6 Å². The molecule has 0 amide bonds. The van der Waals surface area contributed by atoms with Gasteiger partial charge in [0.1, 0.15) is 5.82 Å². The number of thiazole rings is 1. The number of carboxylic acids is 1. The maximum absolute atomic E-state index is 10.9. The number of anilines is 2. The van der Waals surface area contributed by atoms with Gasteiger partial charge in [0, 0.05) is 55.1 Å². The van der Waals surface area contributed by atoms with E-state index in [1.165, 1.54) is 17.7 Å². The van der Waals surface area contributed by atoms with E-state index in [2.05, 4.69) is 43.8 Å². The first kappa shape index (κ1) is 27.3. The number of aromatic nitrogens is 3. The van der Waals surface area contributed by atoms with E-state index in [1.54, 1.807) is 22.7 Å². The molecule has 2 aliphatic rings. The highest BCUT2D eigenvalue weighted by Gasteiger charge is 2.26. The van der Waals surface area contributed by atoms with Gasteiger partial charge >= 0.3 is 5.97 Å². The molecule has 9 nitrogen and oxygen atoms in total. The largest absolute Gasteiger partial charge is 0.481 e. The van der Waals surface area contributed by atoms with Gasteiger partial charge in [-0.2, -0.15) is 0 Å². The average molecular weight is 576 g/mol. The zero-order chi connectivity index (χ0) is 26.6. The summed E-state index contributed by atoms with van der Waals surface area (Å²) < 4.78 is 0. The van der Waals surface area contributed by atoms with Gasteiger partial charge < -0.3 is 15.3 Å². The van der Waals surface area contributed by atoms with Crippen LogP contribution < -0.4 is 10.2 Å². The molecule has 0 aliphatic carbocycles. The van der Waals surface area contributed by atoms with Gasteiger partial charge in [0.25, 0.3) is 0 Å². The molecule has 38 heavy (non-hydrogen) atoms. The molecule has 0 unspecified atom stereocenters. The van der Waals surface area contributed by atoms with Crippen molar-refractivity contribution >= 4 is 51.2 Å². The van der Waals surface area contributed by atoms with Crippen molar-refractivity contribution in [1.29, 1.82) is 0 Å². The lowest BCUT2D eigenvalue weighted by molar-refractivity contribution is -0.137. The molecule has 2 fully saturated rings. The van der Waals surface area contributed by atoms with E-state index in [-0.39, 0.29) is 12.5 Å². The lowest BCUT2D eigenvalue weighted by atomic mass is 10.2. The van der Waals surface area contributed by atoms with Gasteiger partial charge in [-0.25, -0.2) is 9.97 Å². The highest BCUT2D eigenvalue weighted by Crippen LogP contribution is 2.37. The van der Waals surface area contributed by atoms with Crippen molar-refractivity contribution in [2.24, 2.45) is 0 Å². The number of carbonyl (C=O) groups is 1. The second kappa shape index (κ2) is 12.3. The molecule has 0 spiro atoms. The number of hydrogen-bond acceptors (Lipinski definition) is 10. The van der Waals surface area contributed by atoms with Crippen LogP contribution in [-0.4, -0.2) is 80.6 Å². The Balaban J connectivity index is 1.21. The Labute approximate surface area is 236 Å². The number of halogens is 1. The van der Waals surface area contributed by atoms with E-state index in [0.717, 1.165) is 65.0 Å². The van der Waals surface area contributed by atoms with E-state index in [9.17, 15) is 4.79 Å². The third-order valence-electron chi connectivity index (χ3n) is 7.35. The zero-order valence-corrected chi connectivity index (χ0v) is 24.2. The molecule has 2 atom stereocenters. The monoisotopic (exact) mass is 575 g/mol. The first-order valence-corrected chi connectivity index (χ1v) is 15.2. The highest BCUT2D eigenvalue weighted by molar-refractivity contribution is 7.17. The number of aliphatic carboxylic acids is 1. The summed E-state index contributed by atoms with van der Waals surface area (Å²) in [5.41, 5.74) is 1.87. The normalized spacial score (nSPS) is 20.8. The fourth-order valence-electron chi connectivity index (χ4n) is 5.12. The maximum Gasteiger partial charge on any atom is 0.304 e. The van der Waals surface area contributed by atoms with E-state index in [0.29, 0.717) is 19.1 Å². The number of carboxylic acid groups (broad SMARTS) is 1. The molecule has 0 radical (unpaired) electrons. The van der Waals surface area contributed by atoms with Crippen molar-refractivity contribution in [2.45, 2.75) is 58.3 Å². The maximum atomic E-state index is 10.9. The molecule has 204 valence electrons. The number of nitrogens with zero attached hydrogens (tertiary/aromatic N) is 6. The average Bonchev–Trinajstić information content (AvgIpc) is 3.62. The molecule has 2 saturated heterocycles. The lowest BCUT2D eigenvalue weighted by Gasteiger charge is -2.40. The molecule has 0 bridgehead atoms. The Morgan fingerprint density at radius 1 is 1.18 bits per heavy atom. The summed E-state index contributed by atoms with van der Waals surface area (Å²) in [5, 5.41) is 16.0. The highest BCUT2D eigenvalue weighted by atomic mass is 35.5. The summed E-state index contributed by atoms with van der Waals surface area (Å²) in [6.45, 7) is 10.0. The van der Waals surface area contributed by atoms with Crippen LogP contribution in [0.2, 0.25) is 5.02 Å². The molecule has 0 aromatic carbocycles. The molecule has 0 saturated carbocycles. The van der Waals surface area contributed by atoms with E-state index < -0.39 is 5.97 Å². The summed E-state index contributed by atoms with van der Waals surface area (Å²) in [5.74, 6) is 0.101. The molecule has 3 aromatic rings. The van der Waals surface area contributed by atoms with Crippen LogP contribution in [0, 0.1) is 0 Å². The smallest absolute Gasteiger partial charge is 0.304 e. The molecule has 2 aliphatic heterocycles. The molecule has 5 rings (SSSR count). The SMILES string of the molecule is C[C@@H]1CCCN1Cc1sc(NCc2cnc(N3CCN(CCC(=O)O)[C@@H](C)C3)cn2)nc1-c1cc(Cl)cs1. The fourth-order valence-corrected chi connectivity index (χ4v) is 7.27. The predicted octanol–water partition coefficient (Wildman–Crippen LogP) is 4.90. The molecule has 3 aromatic heterocycles. The summed E-state index contributed by atoms with van der Waals surface area (Å²) in [7, 11) is 0. The lowest BCUT2D eigenvalue weighted by Crippen LogP contribution is -2.52. The molecular formula is C26H34ClN7O2S2. The van der Waals surface area contributed by atoms with Crippen LogP contribution in [0.5, 0.6) is 0 Å². The number of hydrogen-bond donors (Lipinski definition) is 2. The quantitative estimate of drug-likeness (QED) is 0.350. The number of likely N-dealkylation sites (tertiary alicyclic amines) is 1. The third kappa shape index (κ3) is 6.63. The minimum absolute atomic E-state index is 0.173. The molecular weight excluding hydrogens is 542 g/mol. The van der Waals surface area contributed by atoms with Gasteiger partial charge in [-0.05, 0) is 39.3 Å². The van der Waals surface area contributed by atoms with E-state index in [4.69, 9.17) is 21.7 Å². The summed E-state index contributed by atoms with van der Waals surface area (Å²) in [6, 6.07) is 2.86. The standard InChI is InChI=1S/C26H34ClN7O2S2/c1-17-4-3-6-33(17)15-22-25(21-10-19(27)16-37-21)31-26(38-22)30-12-20-11-29-23(13-28-20)34-9-8-32(18(2)14-34)7-5-24(35)36/h10-11,13,16-18H,3-9,12,14-15H2,1-2H3,(H,30,31)(H,35,36)/t17-,18+/m1/s1. The summed E-state index contributed by atoms with van der Waals surface area (Å²) in [4.78, 5) is 34.5. The summed E-state index contributed by atoms with van der Waals surface area (Å²) in [6.07, 6.45) is 6.33. The number of nitrogens with one attached hydrogen (secondary N) is 1. The molecule has 12 heteroatoms. The summed E-state index contributed by atoms with van der Waals surface area (Å²) >= 11 is 9.57. The second-order valence-corrected chi connectivity index (χ2v) is 12.5. The second-order valence-electron chi connectivity index (χ2n) is 10.1. The first-order chi connectivity index (χ1) is 18.4. The van der Waals surface area contributed by atoms with Gasteiger partial charge in [0.05, 0.1) is 46.6 Å². The predicted molar refractivity (Wildman–Crippen MR) is 154 cm³/mol. The third-order valence-corrected chi connectivity index (χ3v) is 9.63. The van der Waals surface area contributed by atoms with Crippen molar-refractivity contribution in [3.63, 3.8) is 0 Å². The van der Waals surface area contributed by atoms with Crippen LogP contribution >= 0.6 is 34.3 Å². The van der Waals surface area contributed by atoms with Crippen molar-refractivity contribution in [3.8, 4) is 10.6 Å². The minimum Gasteiger partial charge on any atom is -0.481 e. The van der Waals surface area contributed by atoms with Crippen LogP contribution in [-0.2, 0) is 17.9 Å². The topological polar surface area (TPSA) is 97.7 Å². The van der Waals surface area contributed by atoms with Crippen LogP contribution in [0.1, 0.15) is 43.7 Å². The van der Waals surface area contributed by atoms with Crippen molar-refractivity contribution in [3.05, 3.63) is 39.4 Å². The Morgan fingerprint density at radius 3 is 2.71 bits per heavy atom. The van der Waals surface area contributed by atoms with Crippen molar-refractivity contribution in [2.75, 3.05) is 42.9 Å². The van der Waals surface area contributed by atoms with Crippen molar-refractivity contribution in [1.82, 2.24) is 24.8 Å². The minimum atomic E-state index is -0.753. The Hall–Kier alpha value is -2.31. The van der Waals surface area contributed by atoms with Crippen LogP contribution in [0.15, 0.2) is 23.8 Å². The fraction of sp³-hybridized carbons (Fsp3) is 0.538. The van der Waals surface area contributed by atoms with Crippen molar-refractivity contribution < 1.29 is 9.90 Å². The number of thiophene rings is 1. The van der Waals surface area contributed by atoms with Gasteiger partial charge in [-0.1, -0.05) is 11.6 Å². The van der Waals surface area contributed by atoms with Crippen LogP contribution in [0.3, 0.4) is 0 Å². The molecule has 2 N–H and O–H groups in total. The number of rotatable bonds is 10. The molecule has 5 heterocycles. The Morgan fingerprint density at radius 2 is 2.05 bits per heavy atom. The van der Waals surface area contributed by atoms with E-state index in [1.807, 2.05) is 23.8 Å². The Kier molecular flexibility index (Phi) is 8.79. The van der Waals surface area contributed by atoms with Gasteiger partial charge in [0.2, 0.25) is 0 Å². The van der Waals surface area contributed by atoms with Gasteiger partial charge in [-0.3, -0.25) is 19.6 Å². The van der Waals surface area contributed by atoms with Gasteiger partial charge in [-0.15, -0.1) is 22.7 Å². The zero-order valence-electron chi connectivity index (χ0n) is 21.8. The van der Waals surface area contributed by atoms with Crippen LogP contribution in [0.4, 0.5) is 10.9 Å².